The molecule has 19 heavy (non-hydrogen) atoms. The third-order valence-electron chi connectivity index (χ3n) is 2.37. The molecule has 1 aliphatic heterocycles. The Kier molecular flexibility index (Phi) is 3.45. The van der Waals surface area contributed by atoms with E-state index in [1.54, 1.807) is 0 Å². The van der Waals surface area contributed by atoms with E-state index in [4.69, 9.17) is 9.47 Å². The highest BCUT2D eigenvalue weighted by Gasteiger charge is 2.38. The van der Waals surface area contributed by atoms with Crippen LogP contribution in [0.5, 0.6) is 0 Å². The van der Waals surface area contributed by atoms with Crippen molar-refractivity contribution in [3.05, 3.63) is 39.6 Å². The number of carbonyl (C=O) groups excluding carboxylic acids is 2. The predicted molar refractivity (Wildman–Crippen MR) is 68.3 cm³/mol. The Morgan fingerprint density at radius 1 is 1.21 bits per heavy atom. The lowest BCUT2D eigenvalue weighted by Crippen LogP contribution is -2.41. The second kappa shape index (κ2) is 4.77. The Morgan fingerprint density at radius 3 is 2.37 bits per heavy atom. The lowest BCUT2D eigenvalue weighted by atomic mass is 10.1. The summed E-state index contributed by atoms with van der Waals surface area (Å²) in [6.45, 7) is 2.89. The minimum atomic E-state index is -1.30. The maximum atomic E-state index is 13.6. The fraction of sp³-hybridized carbons (Fsp3) is 0.231. The zero-order chi connectivity index (χ0) is 14.2. The predicted octanol–water partition coefficient (Wildman–Crippen LogP) is 2.81. The molecule has 0 aliphatic carbocycles. The quantitative estimate of drug-likeness (QED) is 0.452. The average molecular weight is 329 g/mol. The van der Waals surface area contributed by atoms with Gasteiger partial charge in [0.2, 0.25) is 0 Å². The van der Waals surface area contributed by atoms with Crippen LogP contribution in [0.25, 0.3) is 6.08 Å². The van der Waals surface area contributed by atoms with Gasteiger partial charge in [0.15, 0.2) is 0 Å². The summed E-state index contributed by atoms with van der Waals surface area (Å²) in [5.41, 5.74) is -0.241. The van der Waals surface area contributed by atoms with Crippen LogP contribution in [0, 0.1) is 5.82 Å². The maximum absolute atomic E-state index is 13.6. The smallest absolute Gasteiger partial charge is 0.348 e. The second-order valence-electron chi connectivity index (χ2n) is 4.40. The van der Waals surface area contributed by atoms with Crippen LogP contribution in [-0.4, -0.2) is 17.7 Å². The van der Waals surface area contributed by atoms with Crippen LogP contribution in [-0.2, 0) is 19.1 Å². The van der Waals surface area contributed by atoms with Gasteiger partial charge in [0.1, 0.15) is 11.4 Å². The van der Waals surface area contributed by atoms with Crippen molar-refractivity contribution in [2.45, 2.75) is 19.6 Å². The first-order valence-electron chi connectivity index (χ1n) is 5.42. The summed E-state index contributed by atoms with van der Waals surface area (Å²) >= 11 is 3.18. The Hall–Kier alpha value is -1.69. The molecule has 100 valence electrons. The Bertz CT molecular complexity index is 570. The zero-order valence-electron chi connectivity index (χ0n) is 10.2. The normalized spacial score (nSPS) is 17.8. The van der Waals surface area contributed by atoms with Crippen molar-refractivity contribution in [2.75, 3.05) is 0 Å². The van der Waals surface area contributed by atoms with E-state index in [2.05, 4.69) is 15.9 Å². The lowest BCUT2D eigenvalue weighted by molar-refractivity contribution is -0.222. The molecule has 6 heteroatoms. The van der Waals surface area contributed by atoms with Crippen LogP contribution in [0.3, 0.4) is 0 Å². The van der Waals surface area contributed by atoms with Crippen molar-refractivity contribution in [1.29, 1.82) is 0 Å². The van der Waals surface area contributed by atoms with Gasteiger partial charge in [-0.25, -0.2) is 14.0 Å². The number of benzene rings is 1. The minimum Gasteiger partial charge on any atom is -0.419 e. The molecular weight excluding hydrogens is 319 g/mol. The third kappa shape index (κ3) is 3.01. The molecule has 1 heterocycles. The van der Waals surface area contributed by atoms with Gasteiger partial charge < -0.3 is 9.47 Å². The van der Waals surface area contributed by atoms with Gasteiger partial charge in [0.05, 0.1) is 0 Å². The Labute approximate surface area is 117 Å². The van der Waals surface area contributed by atoms with E-state index in [9.17, 15) is 14.0 Å². The number of halogens is 2. The number of hydrogen-bond acceptors (Lipinski definition) is 4. The molecule has 4 nitrogen and oxygen atoms in total. The standard InChI is InChI=1S/C13H10BrFO4/c1-13(2)18-11(16)9(12(17)19-13)6-7-5-8(14)3-4-10(7)15/h3-6H,1-2H3. The van der Waals surface area contributed by atoms with Crippen LogP contribution >= 0.6 is 15.9 Å². The van der Waals surface area contributed by atoms with E-state index >= 15 is 0 Å². The molecule has 0 amide bonds. The molecule has 0 bridgehead atoms. The van der Waals surface area contributed by atoms with E-state index in [1.807, 2.05) is 0 Å². The highest BCUT2D eigenvalue weighted by Crippen LogP contribution is 2.25. The van der Waals surface area contributed by atoms with E-state index in [0.717, 1.165) is 6.08 Å². The molecule has 0 N–H and O–H groups in total. The molecular formula is C13H10BrFO4. The highest BCUT2D eigenvalue weighted by atomic mass is 79.9. The number of esters is 2. The summed E-state index contributed by atoms with van der Waals surface area (Å²) in [5.74, 6) is -3.52. The van der Waals surface area contributed by atoms with E-state index in [0.29, 0.717) is 4.47 Å². The van der Waals surface area contributed by atoms with Crippen LogP contribution < -0.4 is 0 Å². The van der Waals surface area contributed by atoms with Gasteiger partial charge in [-0.05, 0) is 24.3 Å². The number of cyclic esters (lactones) is 2. The first-order chi connectivity index (χ1) is 8.78. The summed E-state index contributed by atoms with van der Waals surface area (Å²) < 4.78 is 24.0. The maximum Gasteiger partial charge on any atom is 0.348 e. The lowest BCUT2D eigenvalue weighted by Gasteiger charge is -2.29. The number of hydrogen-bond donors (Lipinski definition) is 0. The van der Waals surface area contributed by atoms with Crippen LogP contribution in [0.4, 0.5) is 4.39 Å². The van der Waals surface area contributed by atoms with Gasteiger partial charge in [-0.15, -0.1) is 0 Å². The second-order valence-corrected chi connectivity index (χ2v) is 5.32. The summed E-state index contributed by atoms with van der Waals surface area (Å²) in [7, 11) is 0. The molecule has 0 spiro atoms. The fourth-order valence-electron chi connectivity index (χ4n) is 1.56. The molecule has 1 saturated heterocycles. The van der Waals surface area contributed by atoms with E-state index < -0.39 is 23.5 Å². The molecule has 1 fully saturated rings. The van der Waals surface area contributed by atoms with E-state index in [-0.39, 0.29) is 11.1 Å². The zero-order valence-corrected chi connectivity index (χ0v) is 11.8. The van der Waals surface area contributed by atoms with Crippen LogP contribution in [0.15, 0.2) is 28.2 Å². The molecule has 0 aromatic heterocycles. The monoisotopic (exact) mass is 328 g/mol. The van der Waals surface area contributed by atoms with Gasteiger partial charge >= 0.3 is 11.9 Å². The summed E-state index contributed by atoms with van der Waals surface area (Å²) in [5, 5.41) is 0. The van der Waals surface area contributed by atoms with Crippen molar-refractivity contribution < 1.29 is 23.5 Å². The molecule has 0 atom stereocenters. The number of ether oxygens (including phenoxy) is 2. The Balaban J connectivity index is 2.41. The van der Waals surface area contributed by atoms with Crippen LogP contribution in [0.2, 0.25) is 0 Å². The first-order valence-corrected chi connectivity index (χ1v) is 6.21. The highest BCUT2D eigenvalue weighted by molar-refractivity contribution is 9.10. The van der Waals surface area contributed by atoms with Crippen molar-refractivity contribution >= 4 is 33.9 Å². The molecule has 0 radical (unpaired) electrons. The summed E-state index contributed by atoms with van der Waals surface area (Å²) in [6.07, 6.45) is 1.11. The van der Waals surface area contributed by atoms with Crippen molar-refractivity contribution in [3.8, 4) is 0 Å². The Morgan fingerprint density at radius 2 is 1.79 bits per heavy atom. The largest absolute Gasteiger partial charge is 0.419 e. The fourth-order valence-corrected chi connectivity index (χ4v) is 1.94. The number of carbonyl (C=O) groups is 2. The van der Waals surface area contributed by atoms with Crippen molar-refractivity contribution in [3.63, 3.8) is 0 Å². The molecule has 0 saturated carbocycles. The molecule has 1 aromatic carbocycles. The van der Waals surface area contributed by atoms with Gasteiger partial charge in [0.25, 0.3) is 5.79 Å². The average Bonchev–Trinajstić information content (AvgIpc) is 2.26. The van der Waals surface area contributed by atoms with Gasteiger partial charge in [-0.2, -0.15) is 0 Å². The molecule has 1 aliphatic rings. The van der Waals surface area contributed by atoms with Gasteiger partial charge in [0, 0.05) is 23.9 Å². The number of rotatable bonds is 1. The van der Waals surface area contributed by atoms with Gasteiger partial charge in [-0.1, -0.05) is 15.9 Å². The van der Waals surface area contributed by atoms with Gasteiger partial charge in [-0.3, -0.25) is 0 Å². The first kappa shape index (κ1) is 13.7. The third-order valence-corrected chi connectivity index (χ3v) is 2.87. The van der Waals surface area contributed by atoms with Crippen molar-refractivity contribution in [1.82, 2.24) is 0 Å². The topological polar surface area (TPSA) is 52.6 Å². The molecule has 2 rings (SSSR count). The molecule has 0 unspecified atom stereocenters. The molecule has 1 aromatic rings. The SMILES string of the molecule is CC1(C)OC(=O)C(=Cc2cc(Br)ccc2F)C(=O)O1. The minimum absolute atomic E-state index is 0.0954. The van der Waals surface area contributed by atoms with Crippen LogP contribution in [0.1, 0.15) is 19.4 Å². The van der Waals surface area contributed by atoms with Crippen molar-refractivity contribution in [2.24, 2.45) is 0 Å². The summed E-state index contributed by atoms with van der Waals surface area (Å²) in [6, 6.07) is 4.18. The van der Waals surface area contributed by atoms with E-state index in [1.165, 1.54) is 32.0 Å². The summed E-state index contributed by atoms with van der Waals surface area (Å²) in [4.78, 5) is 23.4.